The Bertz CT molecular complexity index is 320. The van der Waals surface area contributed by atoms with Crippen molar-refractivity contribution >= 4 is 12.4 Å². The fourth-order valence-corrected chi connectivity index (χ4v) is 1.29. The molecule has 0 aliphatic heterocycles. The topological polar surface area (TPSA) is 46.2 Å². The Balaban J connectivity index is 0.00000196. The molecular weight excluding hydrogens is 224 g/mol. The van der Waals surface area contributed by atoms with Gasteiger partial charge < -0.3 is 10.8 Å². The molecule has 0 heterocycles. The van der Waals surface area contributed by atoms with Crippen molar-refractivity contribution in [2.45, 2.75) is 25.8 Å². The first kappa shape index (κ1) is 14.1. The molecule has 0 aliphatic carbocycles. The number of aryl methyl sites for hydroxylation is 1. The molecule has 0 spiro atoms. The molecule has 0 aliphatic rings. The summed E-state index contributed by atoms with van der Waals surface area (Å²) in [7, 11) is 0. The van der Waals surface area contributed by atoms with Crippen LogP contribution in [0.2, 0.25) is 0 Å². The van der Waals surface area contributed by atoms with E-state index in [9.17, 15) is 13.9 Å². The minimum Gasteiger partial charge on any atom is -0.508 e. The highest BCUT2D eigenvalue weighted by Gasteiger charge is 2.15. The van der Waals surface area contributed by atoms with Crippen molar-refractivity contribution < 1.29 is 13.9 Å². The van der Waals surface area contributed by atoms with E-state index in [0.29, 0.717) is 5.56 Å². The van der Waals surface area contributed by atoms with E-state index in [1.165, 1.54) is 6.07 Å². The van der Waals surface area contributed by atoms with E-state index in [-0.39, 0.29) is 18.2 Å². The van der Waals surface area contributed by atoms with Gasteiger partial charge in [0, 0.05) is 18.0 Å². The Morgan fingerprint density at radius 1 is 1.40 bits per heavy atom. The third-order valence-electron chi connectivity index (χ3n) is 2.01. The summed E-state index contributed by atoms with van der Waals surface area (Å²) in [6, 6.07) is 3.99. The number of phenolic OH excluding ortho intramolecular Hbond substituents is 1. The predicted octanol–water partition coefficient (Wildman–Crippen LogP) is 2.78. The number of benzene rings is 1. The van der Waals surface area contributed by atoms with Crippen LogP contribution < -0.4 is 5.73 Å². The van der Waals surface area contributed by atoms with Gasteiger partial charge in [0.1, 0.15) is 5.75 Å². The molecule has 1 rings (SSSR count). The summed E-state index contributed by atoms with van der Waals surface area (Å²) in [4.78, 5) is 0. The summed E-state index contributed by atoms with van der Waals surface area (Å²) in [5.41, 5.74) is 6.80. The van der Waals surface area contributed by atoms with E-state index >= 15 is 0 Å². The Labute approximate surface area is 93.5 Å². The molecule has 0 unspecified atom stereocenters. The molecule has 0 aromatic heterocycles. The minimum absolute atomic E-state index is 0. The van der Waals surface area contributed by atoms with Crippen LogP contribution in [0.4, 0.5) is 8.78 Å². The molecule has 0 amide bonds. The fraction of sp³-hybridized carbons (Fsp3) is 0.400. The van der Waals surface area contributed by atoms with Crippen molar-refractivity contribution in [1.29, 1.82) is 0 Å². The van der Waals surface area contributed by atoms with Crippen LogP contribution in [0, 0.1) is 6.92 Å². The summed E-state index contributed by atoms with van der Waals surface area (Å²) >= 11 is 0. The molecule has 3 N–H and O–H groups in total. The number of rotatable bonds is 3. The SMILES string of the molecule is Cc1ccc(O)c([C@H](N)CC(F)F)c1.Cl. The lowest BCUT2D eigenvalue weighted by Gasteiger charge is -2.13. The van der Waals surface area contributed by atoms with Crippen molar-refractivity contribution in [1.82, 2.24) is 0 Å². The number of aromatic hydroxyl groups is 1. The van der Waals surface area contributed by atoms with Gasteiger partial charge in [-0.15, -0.1) is 12.4 Å². The lowest BCUT2D eigenvalue weighted by Crippen LogP contribution is -2.14. The van der Waals surface area contributed by atoms with E-state index in [4.69, 9.17) is 5.73 Å². The molecule has 2 nitrogen and oxygen atoms in total. The van der Waals surface area contributed by atoms with Gasteiger partial charge in [0.05, 0.1) is 0 Å². The summed E-state index contributed by atoms with van der Waals surface area (Å²) < 4.78 is 24.1. The molecule has 0 saturated carbocycles. The number of phenols is 1. The van der Waals surface area contributed by atoms with E-state index in [1.54, 1.807) is 12.1 Å². The quantitative estimate of drug-likeness (QED) is 0.849. The Morgan fingerprint density at radius 3 is 2.53 bits per heavy atom. The highest BCUT2D eigenvalue weighted by molar-refractivity contribution is 5.85. The maximum Gasteiger partial charge on any atom is 0.240 e. The van der Waals surface area contributed by atoms with Gasteiger partial charge in [-0.2, -0.15) is 0 Å². The normalized spacial score (nSPS) is 12.3. The second-order valence-electron chi connectivity index (χ2n) is 3.30. The van der Waals surface area contributed by atoms with Gasteiger partial charge in [0.15, 0.2) is 0 Å². The van der Waals surface area contributed by atoms with Crippen LogP contribution in [0.3, 0.4) is 0 Å². The van der Waals surface area contributed by atoms with Gasteiger partial charge in [-0.1, -0.05) is 17.7 Å². The van der Waals surface area contributed by atoms with Crippen LogP contribution in [0.1, 0.15) is 23.6 Å². The van der Waals surface area contributed by atoms with Crippen molar-refractivity contribution in [3.63, 3.8) is 0 Å². The van der Waals surface area contributed by atoms with Gasteiger partial charge in [0.2, 0.25) is 6.43 Å². The highest BCUT2D eigenvalue weighted by atomic mass is 35.5. The van der Waals surface area contributed by atoms with Crippen LogP contribution in [0.5, 0.6) is 5.75 Å². The van der Waals surface area contributed by atoms with E-state index in [0.717, 1.165) is 5.56 Å². The number of hydrogen-bond acceptors (Lipinski definition) is 2. The summed E-state index contributed by atoms with van der Waals surface area (Å²) in [5, 5.41) is 9.39. The third kappa shape index (κ3) is 4.01. The molecule has 1 atom stereocenters. The molecule has 86 valence electrons. The molecule has 0 radical (unpaired) electrons. The van der Waals surface area contributed by atoms with Crippen LogP contribution in [0.15, 0.2) is 18.2 Å². The van der Waals surface area contributed by atoms with Gasteiger partial charge in [-0.05, 0) is 13.0 Å². The number of halogens is 3. The maximum absolute atomic E-state index is 12.0. The first-order valence-electron chi connectivity index (χ1n) is 4.34. The predicted molar refractivity (Wildman–Crippen MR) is 57.6 cm³/mol. The Hall–Kier alpha value is -0.870. The van der Waals surface area contributed by atoms with Gasteiger partial charge in [-0.3, -0.25) is 0 Å². The highest BCUT2D eigenvalue weighted by Crippen LogP contribution is 2.27. The lowest BCUT2D eigenvalue weighted by molar-refractivity contribution is 0.128. The Morgan fingerprint density at radius 2 is 2.00 bits per heavy atom. The number of alkyl halides is 2. The van der Waals surface area contributed by atoms with Gasteiger partial charge in [-0.25, -0.2) is 8.78 Å². The van der Waals surface area contributed by atoms with Crippen LogP contribution >= 0.6 is 12.4 Å². The summed E-state index contributed by atoms with van der Waals surface area (Å²) in [6.45, 7) is 1.82. The first-order chi connectivity index (χ1) is 6.50. The largest absolute Gasteiger partial charge is 0.508 e. The molecule has 1 aromatic rings. The molecule has 0 fully saturated rings. The molecule has 15 heavy (non-hydrogen) atoms. The summed E-state index contributed by atoms with van der Waals surface area (Å²) in [5.74, 6) is -0.0243. The zero-order valence-electron chi connectivity index (χ0n) is 8.28. The van der Waals surface area contributed by atoms with Crippen molar-refractivity contribution in [3.05, 3.63) is 29.3 Å². The standard InChI is InChI=1S/C10H13F2NO.ClH/c1-6-2-3-9(14)7(4-6)8(13)5-10(11)12;/h2-4,8,10,14H,5,13H2,1H3;1H/t8-;/m1./s1. The smallest absolute Gasteiger partial charge is 0.240 e. The first-order valence-corrected chi connectivity index (χ1v) is 4.34. The second-order valence-corrected chi connectivity index (χ2v) is 3.30. The lowest BCUT2D eigenvalue weighted by atomic mass is 10.0. The van der Waals surface area contributed by atoms with E-state index in [2.05, 4.69) is 0 Å². The van der Waals surface area contributed by atoms with E-state index < -0.39 is 18.9 Å². The number of nitrogens with two attached hydrogens (primary N) is 1. The van der Waals surface area contributed by atoms with Crippen LogP contribution in [0.25, 0.3) is 0 Å². The molecule has 0 saturated heterocycles. The van der Waals surface area contributed by atoms with Gasteiger partial charge in [0.25, 0.3) is 0 Å². The van der Waals surface area contributed by atoms with Crippen molar-refractivity contribution in [3.8, 4) is 5.75 Å². The monoisotopic (exact) mass is 237 g/mol. The molecular formula is C10H14ClF2NO. The molecule has 0 bridgehead atoms. The van der Waals surface area contributed by atoms with Crippen LogP contribution in [-0.2, 0) is 0 Å². The summed E-state index contributed by atoms with van der Waals surface area (Å²) in [6.07, 6.45) is -2.89. The maximum atomic E-state index is 12.0. The third-order valence-corrected chi connectivity index (χ3v) is 2.01. The van der Waals surface area contributed by atoms with Crippen LogP contribution in [-0.4, -0.2) is 11.5 Å². The average molecular weight is 238 g/mol. The minimum atomic E-state index is -2.45. The van der Waals surface area contributed by atoms with Crippen molar-refractivity contribution in [2.75, 3.05) is 0 Å². The number of hydrogen-bond donors (Lipinski definition) is 2. The van der Waals surface area contributed by atoms with Gasteiger partial charge >= 0.3 is 0 Å². The molecule has 1 aromatic carbocycles. The second kappa shape index (κ2) is 5.88. The average Bonchev–Trinajstić information content (AvgIpc) is 2.08. The van der Waals surface area contributed by atoms with Crippen molar-refractivity contribution in [2.24, 2.45) is 5.73 Å². The Kier molecular flexibility index (Phi) is 5.54. The van der Waals surface area contributed by atoms with E-state index in [1.807, 2.05) is 6.92 Å². The zero-order chi connectivity index (χ0) is 10.7. The zero-order valence-corrected chi connectivity index (χ0v) is 9.10. The molecule has 5 heteroatoms. The fourth-order valence-electron chi connectivity index (χ4n) is 1.29.